The number of halogens is 1. The van der Waals surface area contributed by atoms with E-state index in [1.54, 1.807) is 12.1 Å². The molecule has 0 saturated carbocycles. The summed E-state index contributed by atoms with van der Waals surface area (Å²) < 4.78 is 13.9. The number of hydrogen-bond acceptors (Lipinski definition) is 2. The van der Waals surface area contributed by atoms with E-state index in [0.29, 0.717) is 22.6 Å². The van der Waals surface area contributed by atoms with Crippen LogP contribution in [0.15, 0.2) is 42.5 Å². The Bertz CT molecular complexity index is 902. The second-order valence-corrected chi connectivity index (χ2v) is 6.56. The molecule has 4 nitrogen and oxygen atoms in total. The van der Waals surface area contributed by atoms with Crippen molar-refractivity contribution < 1.29 is 9.18 Å². The van der Waals surface area contributed by atoms with Crippen LogP contribution in [0.1, 0.15) is 40.5 Å². The van der Waals surface area contributed by atoms with Crippen LogP contribution in [-0.4, -0.2) is 17.4 Å². The molecule has 2 heterocycles. The van der Waals surface area contributed by atoms with Crippen molar-refractivity contribution in [2.45, 2.75) is 25.8 Å². The van der Waals surface area contributed by atoms with Crippen molar-refractivity contribution in [1.29, 1.82) is 0 Å². The number of carbonyl (C=O) groups excluding carboxylic acids is 1. The van der Waals surface area contributed by atoms with Crippen LogP contribution in [0.4, 0.5) is 10.1 Å². The molecule has 2 aromatic carbocycles. The van der Waals surface area contributed by atoms with Crippen molar-refractivity contribution in [3.63, 3.8) is 0 Å². The molecule has 128 valence electrons. The molecule has 1 unspecified atom stereocenters. The van der Waals surface area contributed by atoms with Crippen molar-refractivity contribution in [3.05, 3.63) is 65.1 Å². The molecule has 1 amide bonds. The van der Waals surface area contributed by atoms with Gasteiger partial charge in [0, 0.05) is 17.1 Å². The highest BCUT2D eigenvalue weighted by atomic mass is 19.1. The van der Waals surface area contributed by atoms with Gasteiger partial charge in [-0.05, 0) is 61.7 Å². The fourth-order valence-electron chi connectivity index (χ4n) is 3.45. The van der Waals surface area contributed by atoms with Gasteiger partial charge < -0.3 is 15.6 Å². The topological polar surface area (TPSA) is 56.9 Å². The van der Waals surface area contributed by atoms with Gasteiger partial charge in [-0.2, -0.15) is 0 Å². The summed E-state index contributed by atoms with van der Waals surface area (Å²) in [7, 11) is 0. The molecule has 0 aliphatic carbocycles. The third-order valence-corrected chi connectivity index (χ3v) is 4.80. The average Bonchev–Trinajstić information content (AvgIpc) is 3.28. The SMILES string of the molecule is Cc1ccc(F)c2cc(C(=O)Nc3cccc(C4CCCN4)c3)[nH]c12. The van der Waals surface area contributed by atoms with E-state index in [1.807, 2.05) is 25.1 Å². The number of fused-ring (bicyclic) bond motifs is 1. The molecule has 0 bridgehead atoms. The normalized spacial score (nSPS) is 17.1. The fraction of sp³-hybridized carbons (Fsp3) is 0.250. The molecule has 3 N–H and O–H groups in total. The number of H-pyrrole nitrogens is 1. The molecule has 25 heavy (non-hydrogen) atoms. The molecular weight excluding hydrogens is 317 g/mol. The smallest absolute Gasteiger partial charge is 0.272 e. The first kappa shape index (κ1) is 15.8. The largest absolute Gasteiger partial charge is 0.350 e. The van der Waals surface area contributed by atoms with E-state index in [-0.39, 0.29) is 11.7 Å². The highest BCUT2D eigenvalue weighted by Crippen LogP contribution is 2.26. The quantitative estimate of drug-likeness (QED) is 0.668. The van der Waals surface area contributed by atoms with Crippen LogP contribution in [0.2, 0.25) is 0 Å². The maximum absolute atomic E-state index is 13.9. The number of aromatic nitrogens is 1. The molecule has 1 atom stereocenters. The lowest BCUT2D eigenvalue weighted by Crippen LogP contribution is -2.15. The Morgan fingerprint density at radius 3 is 2.88 bits per heavy atom. The van der Waals surface area contributed by atoms with Crippen LogP contribution in [0, 0.1) is 12.7 Å². The Labute approximate surface area is 145 Å². The predicted octanol–water partition coefficient (Wildman–Crippen LogP) is 4.29. The maximum atomic E-state index is 13.9. The number of nitrogens with one attached hydrogen (secondary N) is 3. The molecule has 1 aromatic heterocycles. The van der Waals surface area contributed by atoms with Gasteiger partial charge in [0.1, 0.15) is 11.5 Å². The van der Waals surface area contributed by atoms with Gasteiger partial charge in [0.25, 0.3) is 5.91 Å². The van der Waals surface area contributed by atoms with Crippen molar-refractivity contribution >= 4 is 22.5 Å². The minimum absolute atomic E-state index is 0.272. The summed E-state index contributed by atoms with van der Waals surface area (Å²) in [4.78, 5) is 15.6. The molecule has 1 aliphatic heterocycles. The summed E-state index contributed by atoms with van der Waals surface area (Å²) in [6.45, 7) is 2.92. The van der Waals surface area contributed by atoms with E-state index in [9.17, 15) is 9.18 Å². The van der Waals surface area contributed by atoms with Gasteiger partial charge in [-0.25, -0.2) is 4.39 Å². The van der Waals surface area contributed by atoms with Crippen LogP contribution in [0.3, 0.4) is 0 Å². The molecule has 3 aromatic rings. The van der Waals surface area contributed by atoms with E-state index < -0.39 is 0 Å². The Morgan fingerprint density at radius 1 is 1.24 bits per heavy atom. The van der Waals surface area contributed by atoms with E-state index in [0.717, 1.165) is 24.2 Å². The summed E-state index contributed by atoms with van der Waals surface area (Å²) in [6, 6.07) is 12.9. The van der Waals surface area contributed by atoms with Gasteiger partial charge in [-0.15, -0.1) is 0 Å². The Morgan fingerprint density at radius 2 is 2.12 bits per heavy atom. The van der Waals surface area contributed by atoms with Crippen LogP contribution in [-0.2, 0) is 0 Å². The number of anilines is 1. The monoisotopic (exact) mass is 337 g/mol. The first-order valence-corrected chi connectivity index (χ1v) is 8.54. The number of rotatable bonds is 3. The Hall–Kier alpha value is -2.66. The minimum Gasteiger partial charge on any atom is -0.350 e. The van der Waals surface area contributed by atoms with Crippen molar-refractivity contribution in [1.82, 2.24) is 10.3 Å². The molecule has 0 radical (unpaired) electrons. The molecular formula is C20H20FN3O. The Kier molecular flexibility index (Phi) is 4.01. The summed E-state index contributed by atoms with van der Waals surface area (Å²) in [5.41, 5.74) is 3.84. The van der Waals surface area contributed by atoms with Crippen molar-refractivity contribution in [2.75, 3.05) is 11.9 Å². The number of benzene rings is 2. The van der Waals surface area contributed by atoms with Crippen LogP contribution in [0.5, 0.6) is 0 Å². The van der Waals surface area contributed by atoms with Gasteiger partial charge in [-0.3, -0.25) is 4.79 Å². The summed E-state index contributed by atoms with van der Waals surface area (Å²) in [5.74, 6) is -0.600. The zero-order chi connectivity index (χ0) is 17.4. The molecule has 1 fully saturated rings. The molecule has 1 aliphatic rings. The Balaban J connectivity index is 1.59. The zero-order valence-corrected chi connectivity index (χ0v) is 14.0. The molecule has 5 heteroatoms. The second-order valence-electron chi connectivity index (χ2n) is 6.56. The third kappa shape index (κ3) is 3.03. The number of hydrogen-bond donors (Lipinski definition) is 3. The maximum Gasteiger partial charge on any atom is 0.272 e. The second kappa shape index (κ2) is 6.33. The number of aromatic amines is 1. The number of carbonyl (C=O) groups is 1. The standard InChI is InChI=1S/C20H20FN3O/c1-12-7-8-16(21)15-11-18(24-19(12)15)20(25)23-14-5-2-4-13(10-14)17-6-3-9-22-17/h2,4-5,7-8,10-11,17,22,24H,3,6,9H2,1H3,(H,23,25). The number of aryl methyl sites for hydroxylation is 1. The third-order valence-electron chi connectivity index (χ3n) is 4.80. The lowest BCUT2D eigenvalue weighted by molar-refractivity contribution is 0.102. The molecule has 0 spiro atoms. The highest BCUT2D eigenvalue weighted by Gasteiger charge is 2.17. The fourth-order valence-corrected chi connectivity index (χ4v) is 3.45. The minimum atomic E-state index is -0.329. The van der Waals surface area contributed by atoms with Gasteiger partial charge in [0.2, 0.25) is 0 Å². The highest BCUT2D eigenvalue weighted by molar-refractivity contribution is 6.06. The van der Waals surface area contributed by atoms with Crippen LogP contribution >= 0.6 is 0 Å². The lowest BCUT2D eigenvalue weighted by Gasteiger charge is -2.12. The summed E-state index contributed by atoms with van der Waals surface area (Å²) in [5, 5.41) is 6.80. The van der Waals surface area contributed by atoms with E-state index in [1.165, 1.54) is 18.1 Å². The average molecular weight is 337 g/mol. The molecule has 4 rings (SSSR count). The summed E-state index contributed by atoms with van der Waals surface area (Å²) in [6.07, 6.45) is 2.28. The zero-order valence-electron chi connectivity index (χ0n) is 14.0. The molecule has 1 saturated heterocycles. The first-order chi connectivity index (χ1) is 12.1. The predicted molar refractivity (Wildman–Crippen MR) is 97.4 cm³/mol. The van der Waals surface area contributed by atoms with E-state index in [2.05, 4.69) is 21.7 Å². The van der Waals surface area contributed by atoms with Crippen molar-refractivity contribution in [3.8, 4) is 0 Å². The summed E-state index contributed by atoms with van der Waals surface area (Å²) >= 11 is 0. The van der Waals surface area contributed by atoms with Gasteiger partial charge in [0.15, 0.2) is 0 Å². The van der Waals surface area contributed by atoms with Gasteiger partial charge in [-0.1, -0.05) is 18.2 Å². The van der Waals surface area contributed by atoms with E-state index >= 15 is 0 Å². The van der Waals surface area contributed by atoms with Crippen molar-refractivity contribution in [2.24, 2.45) is 0 Å². The lowest BCUT2D eigenvalue weighted by atomic mass is 10.0. The number of amides is 1. The van der Waals surface area contributed by atoms with Gasteiger partial charge in [0.05, 0.1) is 5.52 Å². The van der Waals surface area contributed by atoms with E-state index in [4.69, 9.17) is 0 Å². The first-order valence-electron chi connectivity index (χ1n) is 8.54. The van der Waals surface area contributed by atoms with Gasteiger partial charge >= 0.3 is 0 Å². The van der Waals surface area contributed by atoms with Crippen LogP contribution < -0.4 is 10.6 Å². The van der Waals surface area contributed by atoms with Crippen LogP contribution in [0.25, 0.3) is 10.9 Å².